The van der Waals surface area contributed by atoms with E-state index < -0.39 is 0 Å². The van der Waals surface area contributed by atoms with Crippen molar-refractivity contribution in [3.63, 3.8) is 0 Å². The average molecular weight is 3930 g/mol. The Morgan fingerprint density at radius 2 is 0.615 bits per heavy atom. The Labute approximate surface area is 431 Å². The number of carbonyl (C=O) groups excluding carboxylic acids is 1. The van der Waals surface area contributed by atoms with Gasteiger partial charge in [-0.2, -0.15) is 0 Å². The summed E-state index contributed by atoms with van der Waals surface area (Å²) in [5.74, 6) is 0. The number of aliphatic hydroxyl groups excluding tert-OH is 1. The minimum atomic E-state index is 0. The molecule has 26 heavy (non-hydrogen) atoms. The van der Waals surface area contributed by atoms with Crippen LogP contribution in [0.2, 0.25) is 0 Å². The third kappa shape index (κ3) is 131. The van der Waals surface area contributed by atoms with Gasteiger partial charge in [-0.3, -0.25) is 0 Å². The zero-order valence-electron chi connectivity index (χ0n) is 10.9. The van der Waals surface area contributed by atoms with Gasteiger partial charge in [0.15, 0.2) is 0 Å². The maximum absolute atomic E-state index is 9.64. The second-order valence-electron chi connectivity index (χ2n) is 0.736. The minimum absolute atomic E-state index is 0. The summed E-state index contributed by atoms with van der Waals surface area (Å²) in [6.45, 7) is 0. The molecule has 0 bridgehead atoms. The van der Waals surface area contributed by atoms with Crippen LogP contribution in [-0.4, -0.2) is 19.4 Å². The fourth-order valence-corrected chi connectivity index (χ4v) is 0.193. The topological polar surface area (TPSA) is 37.3 Å². The summed E-state index contributed by atoms with van der Waals surface area (Å²) in [5.41, 5.74) is 0. The van der Waals surface area contributed by atoms with Crippen molar-refractivity contribution < 1.29 is 429 Å². The number of rotatable bonds is 2. The van der Waals surface area contributed by atoms with Gasteiger partial charge in [-0.15, -0.1) is 0 Å². The summed E-state index contributed by atoms with van der Waals surface area (Å²) < 4.78 is 0.542. The van der Waals surface area contributed by atoms with Gasteiger partial charge in [0.25, 0.3) is 0 Å². The average Bonchev–Trinajstić information content (AvgIpc) is 2.10. The first kappa shape index (κ1) is 126. The monoisotopic (exact) mass is 3930 g/mol. The molecule has 0 aliphatic heterocycles. The quantitative estimate of drug-likeness (QED) is 0.355. The second-order valence-corrected chi connectivity index (χ2v) is 3.59. The molecule has 2 nitrogen and oxygen atoms in total. The first-order valence-electron chi connectivity index (χ1n) is 1.67. The molecule has 0 spiro atoms. The van der Waals surface area contributed by atoms with E-state index >= 15 is 0 Å². The molecule has 0 saturated heterocycles. The molecular weight excluding hydrogens is 3930 g/mol. The van der Waals surface area contributed by atoms with Gasteiger partial charge in [0.1, 0.15) is 0 Å². The Morgan fingerprint density at radius 1 is 0.500 bits per heavy atom. The van der Waals surface area contributed by atoms with E-state index in [0.717, 1.165) is 38.7 Å². The molecule has 152 valence electrons. The first-order chi connectivity index (χ1) is 5.18. The molecule has 0 amide bonds. The van der Waals surface area contributed by atoms with E-state index in [0.29, 0.717) is 3.90 Å². The Bertz CT molecular complexity index is 150. The van der Waals surface area contributed by atoms with E-state index in [1.807, 2.05) is 0 Å². The van der Waals surface area contributed by atoms with Crippen LogP contribution in [0.3, 0.4) is 0 Å². The molecule has 0 aliphatic rings. The van der Waals surface area contributed by atoms with Gasteiger partial charge in [0, 0.05) is 316 Å². The van der Waals surface area contributed by atoms with E-state index in [-0.39, 0.29) is 320 Å². The zero-order valence-corrected chi connectivity index (χ0v) is 72.5. The fraction of sp³-hybridized carbons (Fsp3) is 0. The molecule has 0 heterocycles. The predicted octanol–water partition coefficient (Wildman–Crippen LogP) is -1.18. The molecule has 0 unspecified atom stereocenters. The van der Waals surface area contributed by atoms with Crippen LogP contribution < -0.4 is 0 Å². The summed E-state index contributed by atoms with van der Waals surface area (Å²) in [4.78, 5) is 9.64. The van der Waals surface area contributed by atoms with Crippen molar-refractivity contribution >= 4 is 14.3 Å². The maximum atomic E-state index is 9.64. The molecule has 0 atom stereocenters. The van der Waals surface area contributed by atoms with Crippen molar-refractivity contribution in [1.82, 2.24) is 0 Å². The molecule has 0 rings (SSSR count). The molecule has 0 aromatic heterocycles. The standard InChI is InChI=1S/C3HO2.21W/c4-2-1-3-5;;;;;;;;;;;;;;;;;;;;;/h4H;;;;;;;;;;;;;;;;;;;;;/q-1;;;;;;;;;;;;;;;;;;;;;. The van der Waals surface area contributed by atoms with Gasteiger partial charge in [-0.1, -0.05) is 0 Å². The van der Waals surface area contributed by atoms with Gasteiger partial charge in [-0.25, -0.2) is 0 Å². The molecule has 1 N–H and O–H groups in total. The summed E-state index contributed by atoms with van der Waals surface area (Å²) in [7, 11) is 0. The molecule has 23 heteroatoms. The predicted molar refractivity (Wildman–Crippen MR) is 17.6 cm³/mol. The second kappa shape index (κ2) is 128. The Hall–Kier alpha value is 13.8. The van der Waals surface area contributed by atoms with Gasteiger partial charge in [0.2, 0.25) is 0 Å². The zero-order chi connectivity index (χ0) is 9.86. The van der Waals surface area contributed by atoms with Crippen molar-refractivity contribution in [3.8, 4) is 0 Å². The van der Waals surface area contributed by atoms with E-state index in [1.165, 1.54) is 0 Å². The van der Waals surface area contributed by atoms with Gasteiger partial charge < -0.3 is 0 Å². The van der Waals surface area contributed by atoms with Crippen LogP contribution in [0.25, 0.3) is 0 Å². The van der Waals surface area contributed by atoms with E-state index in [4.69, 9.17) is 5.11 Å². The van der Waals surface area contributed by atoms with E-state index in [1.54, 1.807) is 71.2 Å². The van der Waals surface area contributed by atoms with E-state index in [9.17, 15) is 4.79 Å². The van der Waals surface area contributed by atoms with Gasteiger partial charge in [-0.05, 0) is 0 Å². The van der Waals surface area contributed by atoms with Crippen molar-refractivity contribution in [2.24, 2.45) is 0 Å². The van der Waals surface area contributed by atoms with Crippen molar-refractivity contribution in [2.45, 2.75) is 0 Å². The van der Waals surface area contributed by atoms with Crippen molar-refractivity contribution in [3.05, 3.63) is 0 Å². The molecule has 0 saturated carbocycles. The molecule has 0 radical (unpaired) electrons. The van der Waals surface area contributed by atoms with E-state index in [2.05, 4.69) is 0 Å². The Balaban J connectivity index is -0.00000000200. The summed E-state index contributed by atoms with van der Waals surface area (Å²) >= 11 is 8.56. The normalized spacial score (nSPS) is 2.35. The number of hydrogen-bond donors (Lipinski definition) is 1. The van der Waals surface area contributed by atoms with Crippen molar-refractivity contribution in [1.29, 1.82) is 0 Å². The molecule has 0 aromatic carbocycles. The third-order valence-electron chi connectivity index (χ3n) is 0.287. The van der Waals surface area contributed by atoms with Crippen LogP contribution in [0, 0.1) is 0 Å². The Kier molecular flexibility index (Phi) is 621. The summed E-state index contributed by atoms with van der Waals surface area (Å²) in [5, 5.41) is 8.50. The van der Waals surface area contributed by atoms with Gasteiger partial charge in [0.05, 0.1) is 0 Å². The van der Waals surface area contributed by atoms with Crippen molar-refractivity contribution in [2.75, 3.05) is 0 Å². The summed E-state index contributed by atoms with van der Waals surface area (Å²) in [6, 6.07) is 0. The van der Waals surface area contributed by atoms with Crippen LogP contribution in [-0.2, 0) is 424 Å². The van der Waals surface area contributed by atoms with Crippen LogP contribution >= 0.6 is 0 Å². The van der Waals surface area contributed by atoms with Crippen LogP contribution in [0.4, 0.5) is 0 Å². The molecule has 0 aliphatic carbocycles. The fourth-order valence-electron chi connectivity index (χ4n) is 0.0437. The first-order valence-corrected chi connectivity index (χ1v) is 26.6. The molecule has 0 aromatic rings. The number of hydrogen-bond acceptors (Lipinski definition) is 2. The summed E-state index contributed by atoms with van der Waals surface area (Å²) in [6.07, 6.45) is 1.60. The van der Waals surface area contributed by atoms with Crippen LogP contribution in [0.1, 0.15) is 0 Å². The third-order valence-corrected chi connectivity index (χ3v) is 4.03. The van der Waals surface area contributed by atoms with Crippen LogP contribution in [0.5, 0.6) is 0 Å². The van der Waals surface area contributed by atoms with Crippen LogP contribution in [0.15, 0.2) is 0 Å². The molecule has 0 fully saturated rings. The SMILES string of the molecule is O=[C-][C](=[W])[C](O)=[W].[W].[W].[W].[W].[W].[W].[W].[W].[W].[W].[W].[W].[W].[W].[W].[W]=[W].[W]=[W]. The molecular formula is C3HO2W21-. The Morgan fingerprint density at radius 3 is 0.615 bits per heavy atom. The number of aliphatic hydroxyl groups is 1. The van der Waals surface area contributed by atoms with Gasteiger partial charge >= 0.3 is 128 Å².